The van der Waals surface area contributed by atoms with Crippen molar-refractivity contribution in [1.82, 2.24) is 14.9 Å². The van der Waals surface area contributed by atoms with Crippen LogP contribution in [-0.4, -0.2) is 45.1 Å². The van der Waals surface area contributed by atoms with Gasteiger partial charge in [-0.25, -0.2) is 4.98 Å². The molecule has 94 valence electrons. The van der Waals surface area contributed by atoms with Crippen LogP contribution in [0.25, 0.3) is 0 Å². The van der Waals surface area contributed by atoms with Gasteiger partial charge in [-0.2, -0.15) is 23.5 Å². The minimum atomic E-state index is 0.679. The molecule has 0 bridgehead atoms. The number of aromatic nitrogens is 2. The normalized spacial score (nSPS) is 29.6. The SMILES string of the molecule is c1ncn(CC2CSCCS2)c1C1CCNC1. The monoisotopic (exact) mass is 269 g/mol. The lowest BCUT2D eigenvalue weighted by Gasteiger charge is -2.23. The molecule has 0 spiro atoms. The second kappa shape index (κ2) is 5.67. The molecule has 2 unspecified atom stereocenters. The first-order chi connectivity index (χ1) is 8.43. The van der Waals surface area contributed by atoms with Gasteiger partial charge in [0.05, 0.1) is 6.33 Å². The van der Waals surface area contributed by atoms with Crippen LogP contribution in [0.2, 0.25) is 0 Å². The zero-order valence-corrected chi connectivity index (χ0v) is 11.6. The number of hydrogen-bond acceptors (Lipinski definition) is 4. The van der Waals surface area contributed by atoms with Gasteiger partial charge in [-0.15, -0.1) is 0 Å². The molecule has 3 heterocycles. The Morgan fingerprint density at radius 1 is 1.47 bits per heavy atom. The molecule has 2 aliphatic rings. The lowest BCUT2D eigenvalue weighted by Crippen LogP contribution is -2.22. The Balaban J connectivity index is 1.67. The van der Waals surface area contributed by atoms with Gasteiger partial charge in [-0.3, -0.25) is 0 Å². The Hall–Kier alpha value is -0.130. The topological polar surface area (TPSA) is 29.9 Å². The molecule has 0 saturated carbocycles. The van der Waals surface area contributed by atoms with Gasteiger partial charge < -0.3 is 9.88 Å². The molecule has 2 fully saturated rings. The van der Waals surface area contributed by atoms with E-state index in [0.29, 0.717) is 5.92 Å². The predicted octanol–water partition coefficient (Wildman–Crippen LogP) is 1.81. The molecule has 3 rings (SSSR count). The van der Waals surface area contributed by atoms with Crippen LogP contribution in [0.3, 0.4) is 0 Å². The number of rotatable bonds is 3. The van der Waals surface area contributed by atoms with E-state index in [1.165, 1.54) is 29.4 Å². The van der Waals surface area contributed by atoms with Crippen LogP contribution >= 0.6 is 23.5 Å². The largest absolute Gasteiger partial charge is 0.333 e. The van der Waals surface area contributed by atoms with Gasteiger partial charge in [0.2, 0.25) is 0 Å². The Morgan fingerprint density at radius 3 is 3.24 bits per heavy atom. The molecule has 17 heavy (non-hydrogen) atoms. The number of nitrogens with one attached hydrogen (secondary N) is 1. The van der Waals surface area contributed by atoms with E-state index < -0.39 is 0 Å². The van der Waals surface area contributed by atoms with Crippen molar-refractivity contribution in [2.45, 2.75) is 24.1 Å². The highest BCUT2D eigenvalue weighted by atomic mass is 32.2. The lowest BCUT2D eigenvalue weighted by atomic mass is 10.1. The van der Waals surface area contributed by atoms with E-state index >= 15 is 0 Å². The second-order valence-corrected chi connectivity index (χ2v) is 7.29. The van der Waals surface area contributed by atoms with E-state index in [1.807, 2.05) is 6.33 Å². The molecule has 5 heteroatoms. The fourth-order valence-corrected chi connectivity index (χ4v) is 5.26. The summed E-state index contributed by atoms with van der Waals surface area (Å²) in [7, 11) is 0. The van der Waals surface area contributed by atoms with Gasteiger partial charge in [-0.05, 0) is 13.0 Å². The van der Waals surface area contributed by atoms with E-state index in [1.54, 1.807) is 0 Å². The molecule has 2 atom stereocenters. The second-order valence-electron chi connectivity index (χ2n) is 4.73. The van der Waals surface area contributed by atoms with Crippen molar-refractivity contribution in [3.63, 3.8) is 0 Å². The first kappa shape index (κ1) is 11.9. The average molecular weight is 269 g/mol. The maximum Gasteiger partial charge on any atom is 0.0948 e. The van der Waals surface area contributed by atoms with Gasteiger partial charge >= 0.3 is 0 Å². The summed E-state index contributed by atoms with van der Waals surface area (Å²) in [6.45, 7) is 3.42. The van der Waals surface area contributed by atoms with E-state index in [0.717, 1.165) is 24.9 Å². The maximum atomic E-state index is 4.35. The summed E-state index contributed by atoms with van der Waals surface area (Å²) >= 11 is 4.22. The van der Waals surface area contributed by atoms with Gasteiger partial charge in [0.1, 0.15) is 0 Å². The fraction of sp³-hybridized carbons (Fsp3) is 0.750. The summed E-state index contributed by atoms with van der Waals surface area (Å²) in [5.41, 5.74) is 1.44. The molecule has 2 aliphatic heterocycles. The van der Waals surface area contributed by atoms with E-state index in [4.69, 9.17) is 0 Å². The number of nitrogens with zero attached hydrogens (tertiary/aromatic N) is 2. The van der Waals surface area contributed by atoms with Crippen molar-refractivity contribution in [3.8, 4) is 0 Å². The maximum absolute atomic E-state index is 4.35. The Morgan fingerprint density at radius 2 is 2.47 bits per heavy atom. The number of hydrogen-bond donors (Lipinski definition) is 1. The van der Waals surface area contributed by atoms with Gasteiger partial charge in [0.15, 0.2) is 0 Å². The molecule has 0 radical (unpaired) electrons. The molecule has 1 aromatic heterocycles. The Bertz CT molecular complexity index is 354. The van der Waals surface area contributed by atoms with Crippen molar-refractivity contribution in [3.05, 3.63) is 18.2 Å². The summed E-state index contributed by atoms with van der Waals surface area (Å²) in [6, 6.07) is 0. The lowest BCUT2D eigenvalue weighted by molar-refractivity contribution is 0.612. The standard InChI is InChI=1S/C12H19N3S2/c1-2-13-5-10(1)12-6-14-9-15(12)7-11-8-16-3-4-17-11/h6,9-11,13H,1-5,7-8H2. The highest BCUT2D eigenvalue weighted by Crippen LogP contribution is 2.27. The van der Waals surface area contributed by atoms with Gasteiger partial charge in [-0.1, -0.05) is 0 Å². The van der Waals surface area contributed by atoms with Crippen LogP contribution in [0.15, 0.2) is 12.5 Å². The van der Waals surface area contributed by atoms with Crippen molar-refractivity contribution in [1.29, 1.82) is 0 Å². The molecule has 1 aromatic rings. The van der Waals surface area contributed by atoms with Crippen LogP contribution in [0.1, 0.15) is 18.0 Å². The molecule has 3 nitrogen and oxygen atoms in total. The van der Waals surface area contributed by atoms with Crippen LogP contribution in [0, 0.1) is 0 Å². The van der Waals surface area contributed by atoms with Crippen molar-refractivity contribution in [2.75, 3.05) is 30.3 Å². The quantitative estimate of drug-likeness (QED) is 0.906. The average Bonchev–Trinajstić information content (AvgIpc) is 3.00. The Labute approximate surface area is 111 Å². The smallest absolute Gasteiger partial charge is 0.0948 e. The third-order valence-corrected chi connectivity index (χ3v) is 6.34. The van der Waals surface area contributed by atoms with E-state index in [9.17, 15) is 0 Å². The number of thioether (sulfide) groups is 2. The molecule has 0 aliphatic carbocycles. The van der Waals surface area contributed by atoms with E-state index in [2.05, 4.69) is 44.6 Å². The molecule has 1 N–H and O–H groups in total. The summed E-state index contributed by atoms with van der Waals surface area (Å²) in [5, 5.41) is 4.22. The number of imidazole rings is 1. The first-order valence-electron chi connectivity index (χ1n) is 6.33. The highest BCUT2D eigenvalue weighted by Gasteiger charge is 2.22. The van der Waals surface area contributed by atoms with Gasteiger partial charge in [0.25, 0.3) is 0 Å². The zero-order valence-electron chi connectivity index (χ0n) is 9.97. The van der Waals surface area contributed by atoms with Crippen LogP contribution in [-0.2, 0) is 6.54 Å². The van der Waals surface area contributed by atoms with Crippen LogP contribution in [0.5, 0.6) is 0 Å². The fourth-order valence-electron chi connectivity index (χ4n) is 2.59. The van der Waals surface area contributed by atoms with Crippen molar-refractivity contribution in [2.24, 2.45) is 0 Å². The van der Waals surface area contributed by atoms with Gasteiger partial charge in [0, 0.05) is 53.4 Å². The predicted molar refractivity (Wildman–Crippen MR) is 76.0 cm³/mol. The van der Waals surface area contributed by atoms with E-state index in [-0.39, 0.29) is 0 Å². The van der Waals surface area contributed by atoms with Crippen molar-refractivity contribution < 1.29 is 0 Å². The first-order valence-corrected chi connectivity index (χ1v) is 8.54. The summed E-state index contributed by atoms with van der Waals surface area (Å²) in [5.74, 6) is 4.61. The summed E-state index contributed by atoms with van der Waals surface area (Å²) in [6.07, 6.45) is 5.35. The van der Waals surface area contributed by atoms with Crippen molar-refractivity contribution >= 4 is 23.5 Å². The highest BCUT2D eigenvalue weighted by molar-refractivity contribution is 8.06. The Kier molecular flexibility index (Phi) is 3.98. The summed E-state index contributed by atoms with van der Waals surface area (Å²) in [4.78, 5) is 4.35. The summed E-state index contributed by atoms with van der Waals surface area (Å²) < 4.78 is 2.39. The molecule has 0 amide bonds. The molecule has 0 aromatic carbocycles. The zero-order chi connectivity index (χ0) is 11.5. The molecule has 2 saturated heterocycles. The molecular formula is C12H19N3S2. The minimum Gasteiger partial charge on any atom is -0.333 e. The molecular weight excluding hydrogens is 250 g/mol. The van der Waals surface area contributed by atoms with Crippen LogP contribution in [0.4, 0.5) is 0 Å². The van der Waals surface area contributed by atoms with Crippen LogP contribution < -0.4 is 5.32 Å². The third-order valence-electron chi connectivity index (χ3n) is 3.51. The third kappa shape index (κ3) is 2.83. The minimum absolute atomic E-state index is 0.679.